The van der Waals surface area contributed by atoms with Crippen LogP contribution in [-0.2, 0) is 5.54 Å². The summed E-state index contributed by atoms with van der Waals surface area (Å²) in [4.78, 5) is 1.84. The van der Waals surface area contributed by atoms with Gasteiger partial charge in [-0.05, 0) is 25.1 Å². The van der Waals surface area contributed by atoms with Crippen molar-refractivity contribution in [1.29, 1.82) is 0 Å². The predicted molar refractivity (Wildman–Crippen MR) is 59.4 cm³/mol. The molecule has 1 aromatic carbocycles. The Morgan fingerprint density at radius 1 is 1.47 bits per heavy atom. The number of hydrogen-bond acceptors (Lipinski definition) is 3. The van der Waals surface area contributed by atoms with E-state index in [9.17, 15) is 9.50 Å². The van der Waals surface area contributed by atoms with E-state index in [1.807, 2.05) is 19.0 Å². The third-order valence-corrected chi connectivity index (χ3v) is 2.38. The summed E-state index contributed by atoms with van der Waals surface area (Å²) in [6.45, 7) is 1.45. The fourth-order valence-corrected chi connectivity index (χ4v) is 1.44. The number of benzene rings is 1. The van der Waals surface area contributed by atoms with E-state index >= 15 is 0 Å². The number of aliphatic hydroxyl groups is 1. The average Bonchev–Trinajstić information content (AvgIpc) is 2.17. The van der Waals surface area contributed by atoms with Crippen LogP contribution in [0.25, 0.3) is 0 Å². The lowest BCUT2D eigenvalue weighted by molar-refractivity contribution is 0.210. The molecule has 0 saturated carbocycles. The number of halogens is 1. The molecule has 84 valence electrons. The molecule has 0 spiro atoms. The molecule has 0 fully saturated rings. The van der Waals surface area contributed by atoms with E-state index in [1.54, 1.807) is 13.0 Å². The molecule has 0 bridgehead atoms. The monoisotopic (exact) mass is 212 g/mol. The summed E-state index contributed by atoms with van der Waals surface area (Å²) in [6, 6.07) is 4.41. The van der Waals surface area contributed by atoms with Crippen molar-refractivity contribution in [2.75, 3.05) is 25.6 Å². The number of aliphatic hydroxyl groups excluding tert-OH is 1. The largest absolute Gasteiger partial charge is 0.394 e. The van der Waals surface area contributed by atoms with Crippen LogP contribution < -0.4 is 10.6 Å². The number of nitrogens with two attached hydrogens (primary N) is 1. The summed E-state index contributed by atoms with van der Waals surface area (Å²) in [6.07, 6.45) is 0. The first kappa shape index (κ1) is 11.9. The number of hydrogen-bond donors (Lipinski definition) is 2. The molecule has 0 aromatic heterocycles. The maximum Gasteiger partial charge on any atom is 0.123 e. The number of nitrogens with zero attached hydrogens (tertiary/aromatic N) is 1. The maximum atomic E-state index is 13.1. The first-order valence-corrected chi connectivity index (χ1v) is 4.75. The zero-order valence-corrected chi connectivity index (χ0v) is 9.29. The van der Waals surface area contributed by atoms with Gasteiger partial charge in [-0.25, -0.2) is 4.39 Å². The summed E-state index contributed by atoms with van der Waals surface area (Å²) < 4.78 is 13.1. The Bertz CT molecular complexity index is 350. The van der Waals surface area contributed by atoms with E-state index in [1.165, 1.54) is 12.1 Å². The molecule has 0 amide bonds. The average molecular weight is 212 g/mol. The van der Waals surface area contributed by atoms with Crippen LogP contribution >= 0.6 is 0 Å². The molecule has 4 heteroatoms. The first-order valence-electron chi connectivity index (χ1n) is 4.75. The highest BCUT2D eigenvalue weighted by atomic mass is 19.1. The van der Waals surface area contributed by atoms with Gasteiger partial charge in [0, 0.05) is 25.3 Å². The van der Waals surface area contributed by atoms with E-state index in [0.29, 0.717) is 5.56 Å². The Balaban J connectivity index is 3.30. The normalized spacial score (nSPS) is 14.8. The predicted octanol–water partition coefficient (Wildman–Crippen LogP) is 1.06. The Morgan fingerprint density at radius 2 is 2.07 bits per heavy atom. The summed E-state index contributed by atoms with van der Waals surface area (Å²) in [5, 5.41) is 9.18. The van der Waals surface area contributed by atoms with Crippen molar-refractivity contribution in [1.82, 2.24) is 0 Å². The number of anilines is 1. The molecule has 0 aliphatic heterocycles. The van der Waals surface area contributed by atoms with Gasteiger partial charge in [0.1, 0.15) is 5.82 Å². The third kappa shape index (κ3) is 2.46. The highest BCUT2D eigenvalue weighted by molar-refractivity contribution is 5.55. The van der Waals surface area contributed by atoms with E-state index in [0.717, 1.165) is 5.69 Å². The van der Waals surface area contributed by atoms with E-state index < -0.39 is 5.54 Å². The molecule has 0 heterocycles. The highest BCUT2D eigenvalue weighted by Gasteiger charge is 2.24. The lowest BCUT2D eigenvalue weighted by Crippen LogP contribution is -2.38. The Kier molecular flexibility index (Phi) is 3.31. The van der Waals surface area contributed by atoms with Gasteiger partial charge in [-0.15, -0.1) is 0 Å². The van der Waals surface area contributed by atoms with Gasteiger partial charge in [-0.3, -0.25) is 0 Å². The van der Waals surface area contributed by atoms with Crippen LogP contribution in [0.2, 0.25) is 0 Å². The zero-order valence-electron chi connectivity index (χ0n) is 9.29. The maximum absolute atomic E-state index is 13.1. The second-order valence-corrected chi connectivity index (χ2v) is 4.13. The van der Waals surface area contributed by atoms with Crippen LogP contribution in [0.15, 0.2) is 18.2 Å². The van der Waals surface area contributed by atoms with Gasteiger partial charge < -0.3 is 15.7 Å². The van der Waals surface area contributed by atoms with Crippen molar-refractivity contribution in [2.24, 2.45) is 5.73 Å². The highest BCUT2D eigenvalue weighted by Crippen LogP contribution is 2.28. The van der Waals surface area contributed by atoms with E-state index in [2.05, 4.69) is 0 Å². The lowest BCUT2D eigenvalue weighted by Gasteiger charge is -2.28. The van der Waals surface area contributed by atoms with Gasteiger partial charge in [-0.1, -0.05) is 0 Å². The molecule has 1 atom stereocenters. The smallest absolute Gasteiger partial charge is 0.123 e. The van der Waals surface area contributed by atoms with Crippen LogP contribution in [0.3, 0.4) is 0 Å². The van der Waals surface area contributed by atoms with E-state index in [-0.39, 0.29) is 12.4 Å². The molecule has 1 unspecified atom stereocenters. The Hall–Kier alpha value is -1.13. The SMILES string of the molecule is CN(C)c1ccc(F)cc1C(C)(N)CO. The fraction of sp³-hybridized carbons (Fsp3) is 0.455. The minimum atomic E-state index is -0.929. The molecule has 0 radical (unpaired) electrons. The molecule has 15 heavy (non-hydrogen) atoms. The minimum absolute atomic E-state index is 0.225. The van der Waals surface area contributed by atoms with Crippen molar-refractivity contribution >= 4 is 5.69 Å². The summed E-state index contributed by atoms with van der Waals surface area (Å²) in [5.41, 5.74) is 6.39. The van der Waals surface area contributed by atoms with Gasteiger partial charge in [0.15, 0.2) is 0 Å². The second-order valence-electron chi connectivity index (χ2n) is 4.13. The van der Waals surface area contributed by atoms with Gasteiger partial charge in [0.25, 0.3) is 0 Å². The summed E-state index contributed by atoms with van der Waals surface area (Å²) in [5.74, 6) is -0.347. The second kappa shape index (κ2) is 4.16. The molecule has 3 nitrogen and oxygen atoms in total. The fourth-order valence-electron chi connectivity index (χ4n) is 1.44. The lowest BCUT2D eigenvalue weighted by atomic mass is 9.92. The van der Waals surface area contributed by atoms with Crippen LogP contribution in [0.4, 0.5) is 10.1 Å². The standard InChI is InChI=1S/C11H17FN2O/c1-11(13,7-15)9-6-8(12)4-5-10(9)14(2)3/h4-6,15H,7,13H2,1-3H3. The van der Waals surface area contributed by atoms with Gasteiger partial charge in [0.2, 0.25) is 0 Å². The van der Waals surface area contributed by atoms with Crippen LogP contribution in [0.1, 0.15) is 12.5 Å². The molecule has 0 aliphatic rings. The van der Waals surface area contributed by atoms with Crippen molar-refractivity contribution in [2.45, 2.75) is 12.5 Å². The summed E-state index contributed by atoms with van der Waals surface area (Å²) >= 11 is 0. The van der Waals surface area contributed by atoms with E-state index in [4.69, 9.17) is 5.73 Å². The molecular weight excluding hydrogens is 195 g/mol. The molecule has 1 rings (SSSR count). The van der Waals surface area contributed by atoms with Gasteiger partial charge in [0.05, 0.1) is 12.1 Å². The van der Waals surface area contributed by atoms with Crippen LogP contribution in [0, 0.1) is 5.82 Å². The minimum Gasteiger partial charge on any atom is -0.394 e. The molecule has 1 aromatic rings. The summed E-state index contributed by atoms with van der Waals surface area (Å²) in [7, 11) is 3.70. The van der Waals surface area contributed by atoms with Crippen molar-refractivity contribution < 1.29 is 9.50 Å². The van der Waals surface area contributed by atoms with Crippen LogP contribution in [0.5, 0.6) is 0 Å². The quantitative estimate of drug-likeness (QED) is 0.787. The molecule has 3 N–H and O–H groups in total. The van der Waals surface area contributed by atoms with Crippen molar-refractivity contribution in [3.63, 3.8) is 0 Å². The van der Waals surface area contributed by atoms with Crippen molar-refractivity contribution in [3.8, 4) is 0 Å². The van der Waals surface area contributed by atoms with Gasteiger partial charge >= 0.3 is 0 Å². The van der Waals surface area contributed by atoms with Gasteiger partial charge in [-0.2, -0.15) is 0 Å². The zero-order chi connectivity index (χ0) is 11.6. The molecular formula is C11H17FN2O. The van der Waals surface area contributed by atoms with Crippen LogP contribution in [-0.4, -0.2) is 25.8 Å². The Morgan fingerprint density at radius 3 is 2.53 bits per heavy atom. The topological polar surface area (TPSA) is 49.5 Å². The van der Waals surface area contributed by atoms with Crippen molar-refractivity contribution in [3.05, 3.63) is 29.6 Å². The molecule has 0 aliphatic carbocycles. The number of rotatable bonds is 3. The first-order chi connectivity index (χ1) is 6.88. The third-order valence-electron chi connectivity index (χ3n) is 2.38. The molecule has 0 saturated heterocycles. The Labute approximate surface area is 89.3 Å².